The molecule has 0 saturated heterocycles. The van der Waals surface area contributed by atoms with Crippen LogP contribution in [-0.2, 0) is 10.1 Å². The number of unbranched alkanes of at least 4 members (excludes halogenated alkanes) is 13. The predicted molar refractivity (Wildman–Crippen MR) is 86.7 cm³/mol. The summed E-state index contributed by atoms with van der Waals surface area (Å²) in [6, 6.07) is 0. The van der Waals surface area contributed by atoms with Crippen LogP contribution in [0, 0.1) is 0 Å². The molecule has 0 aliphatic carbocycles. The first kappa shape index (κ1) is 19.9. The van der Waals surface area contributed by atoms with Gasteiger partial charge < -0.3 is 0 Å². The third-order valence-corrected chi connectivity index (χ3v) is 4.56. The van der Waals surface area contributed by atoms with Gasteiger partial charge in [-0.1, -0.05) is 90.4 Å². The average molecular weight is 307 g/mol. The summed E-state index contributed by atoms with van der Waals surface area (Å²) >= 11 is 0. The Morgan fingerprint density at radius 1 is 0.600 bits per heavy atom. The SMILES string of the molecule is CCCCCCCCCCCCCCCCS(=O)(=O)O. The van der Waals surface area contributed by atoms with Crippen molar-refractivity contribution in [2.75, 3.05) is 5.75 Å². The van der Waals surface area contributed by atoms with E-state index >= 15 is 0 Å². The molecule has 0 amide bonds. The molecular weight excluding hydrogens is 272 g/mol. The molecule has 0 aromatic heterocycles. The van der Waals surface area contributed by atoms with Crippen LogP contribution >= 0.6 is 0 Å². The minimum absolute atomic E-state index is 0.0783. The molecule has 0 aliphatic rings. The van der Waals surface area contributed by atoms with E-state index in [1.807, 2.05) is 0 Å². The quantitative estimate of drug-likeness (QED) is 0.327. The van der Waals surface area contributed by atoms with Gasteiger partial charge in [-0.15, -0.1) is 0 Å². The van der Waals surface area contributed by atoms with E-state index in [0.717, 1.165) is 12.8 Å². The van der Waals surface area contributed by atoms with Gasteiger partial charge in [0.25, 0.3) is 10.1 Å². The Bertz CT molecular complexity index is 286. The van der Waals surface area contributed by atoms with Crippen LogP contribution in [0.5, 0.6) is 0 Å². The van der Waals surface area contributed by atoms with Crippen molar-refractivity contribution in [3.05, 3.63) is 0 Å². The Labute approximate surface area is 126 Å². The number of hydrogen-bond donors (Lipinski definition) is 1. The molecule has 0 fully saturated rings. The van der Waals surface area contributed by atoms with E-state index in [2.05, 4.69) is 6.92 Å². The first-order chi connectivity index (χ1) is 9.56. The predicted octanol–water partition coefficient (Wildman–Crippen LogP) is 5.36. The zero-order valence-electron chi connectivity index (χ0n) is 13.3. The van der Waals surface area contributed by atoms with E-state index < -0.39 is 10.1 Å². The Morgan fingerprint density at radius 3 is 1.20 bits per heavy atom. The molecule has 0 aromatic rings. The lowest BCUT2D eigenvalue weighted by Crippen LogP contribution is -2.03. The van der Waals surface area contributed by atoms with Gasteiger partial charge in [-0.25, -0.2) is 0 Å². The van der Waals surface area contributed by atoms with Gasteiger partial charge in [-0.2, -0.15) is 8.42 Å². The Balaban J connectivity index is 3.03. The maximum atomic E-state index is 10.5. The molecule has 20 heavy (non-hydrogen) atoms. The van der Waals surface area contributed by atoms with Crippen LogP contribution in [0.25, 0.3) is 0 Å². The first-order valence-electron chi connectivity index (χ1n) is 8.51. The highest BCUT2D eigenvalue weighted by molar-refractivity contribution is 7.85. The second kappa shape index (κ2) is 13.9. The van der Waals surface area contributed by atoms with E-state index in [4.69, 9.17) is 4.55 Å². The zero-order chi connectivity index (χ0) is 15.1. The fourth-order valence-electron chi connectivity index (χ4n) is 2.48. The summed E-state index contributed by atoms with van der Waals surface area (Å²) in [5.41, 5.74) is 0. The summed E-state index contributed by atoms with van der Waals surface area (Å²) in [6.07, 6.45) is 17.4. The van der Waals surface area contributed by atoms with E-state index in [0.29, 0.717) is 6.42 Å². The molecule has 0 radical (unpaired) electrons. The zero-order valence-corrected chi connectivity index (χ0v) is 14.1. The summed E-state index contributed by atoms with van der Waals surface area (Å²) < 4.78 is 29.6. The molecule has 0 spiro atoms. The maximum absolute atomic E-state index is 10.5. The van der Waals surface area contributed by atoms with Crippen molar-refractivity contribution >= 4 is 10.1 Å². The van der Waals surface area contributed by atoms with Gasteiger partial charge in [-0.3, -0.25) is 4.55 Å². The van der Waals surface area contributed by atoms with Gasteiger partial charge in [0.15, 0.2) is 0 Å². The molecular formula is C16H34O3S. The Kier molecular flexibility index (Phi) is 13.8. The fourth-order valence-corrected chi connectivity index (χ4v) is 3.05. The monoisotopic (exact) mass is 306 g/mol. The van der Waals surface area contributed by atoms with Crippen LogP contribution in [-0.4, -0.2) is 18.7 Å². The van der Waals surface area contributed by atoms with Crippen LogP contribution in [0.3, 0.4) is 0 Å². The minimum atomic E-state index is -3.74. The molecule has 0 aliphatic heterocycles. The third-order valence-electron chi connectivity index (χ3n) is 3.76. The van der Waals surface area contributed by atoms with Crippen molar-refractivity contribution in [3.8, 4) is 0 Å². The maximum Gasteiger partial charge on any atom is 0.264 e. The molecule has 0 heterocycles. The molecule has 1 N–H and O–H groups in total. The molecule has 0 rings (SSSR count). The van der Waals surface area contributed by atoms with Crippen LogP contribution in [0.15, 0.2) is 0 Å². The highest BCUT2D eigenvalue weighted by Crippen LogP contribution is 2.13. The minimum Gasteiger partial charge on any atom is -0.286 e. The second-order valence-corrected chi connectivity index (χ2v) is 7.45. The number of hydrogen-bond acceptors (Lipinski definition) is 2. The Hall–Kier alpha value is -0.0900. The summed E-state index contributed by atoms with van der Waals surface area (Å²) in [7, 11) is -3.74. The van der Waals surface area contributed by atoms with Crippen molar-refractivity contribution in [1.29, 1.82) is 0 Å². The van der Waals surface area contributed by atoms with E-state index in [1.54, 1.807) is 0 Å². The molecule has 0 saturated carbocycles. The normalized spacial score (nSPS) is 11.9. The lowest BCUT2D eigenvalue weighted by atomic mass is 10.0. The highest BCUT2D eigenvalue weighted by atomic mass is 32.2. The van der Waals surface area contributed by atoms with E-state index in [9.17, 15) is 8.42 Å². The van der Waals surface area contributed by atoms with Gasteiger partial charge in [0.05, 0.1) is 5.75 Å². The average Bonchev–Trinajstić information content (AvgIpc) is 2.38. The summed E-state index contributed by atoms with van der Waals surface area (Å²) in [4.78, 5) is 0. The molecule has 3 nitrogen and oxygen atoms in total. The molecule has 0 bridgehead atoms. The molecule has 4 heteroatoms. The van der Waals surface area contributed by atoms with Gasteiger partial charge >= 0.3 is 0 Å². The third kappa shape index (κ3) is 17.9. The van der Waals surface area contributed by atoms with Crippen molar-refractivity contribution in [2.24, 2.45) is 0 Å². The summed E-state index contributed by atoms with van der Waals surface area (Å²) in [6.45, 7) is 2.25. The lowest BCUT2D eigenvalue weighted by molar-refractivity contribution is 0.478. The standard InChI is InChI=1S/C16H34O3S/c1-2-3-4-5-6-7-8-9-10-11-12-13-14-15-16-20(17,18)19/h2-16H2,1H3,(H,17,18,19). The molecule has 0 aromatic carbocycles. The Morgan fingerprint density at radius 2 is 0.900 bits per heavy atom. The van der Waals surface area contributed by atoms with Gasteiger partial charge in [0, 0.05) is 0 Å². The van der Waals surface area contributed by atoms with E-state index in [1.165, 1.54) is 70.6 Å². The topological polar surface area (TPSA) is 54.4 Å². The first-order valence-corrected chi connectivity index (χ1v) is 10.1. The molecule has 122 valence electrons. The van der Waals surface area contributed by atoms with Crippen LogP contribution < -0.4 is 0 Å². The van der Waals surface area contributed by atoms with Crippen LogP contribution in [0.4, 0.5) is 0 Å². The largest absolute Gasteiger partial charge is 0.286 e. The number of rotatable bonds is 15. The van der Waals surface area contributed by atoms with Crippen LogP contribution in [0.2, 0.25) is 0 Å². The summed E-state index contributed by atoms with van der Waals surface area (Å²) in [5, 5.41) is 0. The van der Waals surface area contributed by atoms with Crippen molar-refractivity contribution in [3.63, 3.8) is 0 Å². The fraction of sp³-hybridized carbons (Fsp3) is 1.00. The summed E-state index contributed by atoms with van der Waals surface area (Å²) in [5.74, 6) is -0.0783. The van der Waals surface area contributed by atoms with Crippen LogP contribution in [0.1, 0.15) is 96.8 Å². The van der Waals surface area contributed by atoms with Gasteiger partial charge in [0.1, 0.15) is 0 Å². The smallest absolute Gasteiger partial charge is 0.264 e. The van der Waals surface area contributed by atoms with Crippen molar-refractivity contribution in [1.82, 2.24) is 0 Å². The van der Waals surface area contributed by atoms with Crippen molar-refractivity contribution in [2.45, 2.75) is 96.8 Å². The lowest BCUT2D eigenvalue weighted by Gasteiger charge is -2.03. The van der Waals surface area contributed by atoms with E-state index in [-0.39, 0.29) is 5.75 Å². The van der Waals surface area contributed by atoms with Crippen molar-refractivity contribution < 1.29 is 13.0 Å². The second-order valence-electron chi connectivity index (χ2n) is 5.88. The molecule has 0 unspecified atom stereocenters. The van der Waals surface area contributed by atoms with Gasteiger partial charge in [0.2, 0.25) is 0 Å². The van der Waals surface area contributed by atoms with Gasteiger partial charge in [-0.05, 0) is 6.42 Å². The highest BCUT2D eigenvalue weighted by Gasteiger charge is 2.02. The molecule has 0 atom stereocenters.